The number of carbonyl (C=O) groups excluding carboxylic acids is 1. The number of aliphatic hydroxyl groups excluding tert-OH is 1. The Hall–Kier alpha value is -2.09. The fourth-order valence-corrected chi connectivity index (χ4v) is 1.88. The van der Waals surface area contributed by atoms with Crippen molar-refractivity contribution in [3.8, 4) is 0 Å². The smallest absolute Gasteiger partial charge is 0.326 e. The summed E-state index contributed by atoms with van der Waals surface area (Å²) in [6, 6.07) is -1.57. The van der Waals surface area contributed by atoms with Crippen LogP contribution < -0.4 is 5.32 Å². The molecule has 118 valence electrons. The molecular weight excluding hydrogens is 276 g/mol. The lowest BCUT2D eigenvalue weighted by molar-refractivity contribution is -0.139. The topological polar surface area (TPSA) is 119 Å². The van der Waals surface area contributed by atoms with E-state index in [9.17, 15) is 14.7 Å². The first-order valence-electron chi connectivity index (χ1n) is 6.83. The van der Waals surface area contributed by atoms with E-state index in [0.29, 0.717) is 18.7 Å². The van der Waals surface area contributed by atoms with Crippen LogP contribution >= 0.6 is 0 Å². The van der Waals surface area contributed by atoms with Crippen molar-refractivity contribution in [1.29, 1.82) is 0 Å². The predicted octanol–water partition coefficient (Wildman–Crippen LogP) is 0.208. The number of aromatic nitrogens is 2. The average molecular weight is 298 g/mol. The van der Waals surface area contributed by atoms with Crippen molar-refractivity contribution in [2.75, 3.05) is 13.2 Å². The molecule has 1 unspecified atom stereocenters. The molecule has 4 N–H and O–H groups in total. The van der Waals surface area contributed by atoms with Gasteiger partial charge in [0.1, 0.15) is 6.04 Å². The zero-order chi connectivity index (χ0) is 15.8. The van der Waals surface area contributed by atoms with Crippen LogP contribution in [-0.2, 0) is 11.2 Å². The fraction of sp³-hybridized carbons (Fsp3) is 0.615. The monoisotopic (exact) mass is 298 g/mol. The highest BCUT2D eigenvalue weighted by Gasteiger charge is 2.25. The number of nitrogens with one attached hydrogen (secondary N) is 2. The first-order chi connectivity index (χ1) is 9.95. The third kappa shape index (κ3) is 5.42. The molecule has 1 aromatic heterocycles. The van der Waals surface area contributed by atoms with Crippen LogP contribution in [0, 0.1) is 0 Å². The van der Waals surface area contributed by atoms with Gasteiger partial charge in [0.15, 0.2) is 0 Å². The summed E-state index contributed by atoms with van der Waals surface area (Å²) < 4.78 is 0. The van der Waals surface area contributed by atoms with Gasteiger partial charge < -0.3 is 25.4 Å². The summed E-state index contributed by atoms with van der Waals surface area (Å²) in [5, 5.41) is 20.6. The van der Waals surface area contributed by atoms with Crippen LogP contribution in [0.25, 0.3) is 0 Å². The highest BCUT2D eigenvalue weighted by atomic mass is 16.4. The SMILES string of the molecule is CC(C)N(CCCO)C(=O)NC(Cc1cnc[nH]1)C(=O)O. The number of aliphatic hydroxyl groups is 1. The Morgan fingerprint density at radius 2 is 2.19 bits per heavy atom. The molecule has 0 aliphatic heterocycles. The molecule has 1 heterocycles. The maximum Gasteiger partial charge on any atom is 0.326 e. The van der Waals surface area contributed by atoms with E-state index in [4.69, 9.17) is 5.11 Å². The lowest BCUT2D eigenvalue weighted by atomic mass is 10.1. The molecule has 0 saturated heterocycles. The van der Waals surface area contributed by atoms with Crippen molar-refractivity contribution in [2.24, 2.45) is 0 Å². The highest BCUT2D eigenvalue weighted by Crippen LogP contribution is 2.04. The summed E-state index contributed by atoms with van der Waals surface area (Å²) in [4.78, 5) is 31.6. The molecular formula is C13H22N4O4. The number of nitrogens with zero attached hydrogens (tertiary/aromatic N) is 2. The molecule has 0 aromatic carbocycles. The van der Waals surface area contributed by atoms with Gasteiger partial charge in [-0.05, 0) is 20.3 Å². The Balaban J connectivity index is 2.67. The van der Waals surface area contributed by atoms with Crippen molar-refractivity contribution in [1.82, 2.24) is 20.2 Å². The Bertz CT molecular complexity index is 447. The zero-order valence-corrected chi connectivity index (χ0v) is 12.2. The number of carboxylic acid groups (broad SMARTS) is 1. The van der Waals surface area contributed by atoms with E-state index in [1.54, 1.807) is 0 Å². The number of amides is 2. The lowest BCUT2D eigenvalue weighted by Gasteiger charge is -2.28. The van der Waals surface area contributed by atoms with Crippen LogP contribution in [0.5, 0.6) is 0 Å². The molecule has 1 rings (SSSR count). The number of hydrogen-bond donors (Lipinski definition) is 4. The molecule has 0 aliphatic rings. The largest absolute Gasteiger partial charge is 0.480 e. The molecule has 8 heteroatoms. The molecule has 0 saturated carbocycles. The van der Waals surface area contributed by atoms with Gasteiger partial charge in [-0.3, -0.25) is 0 Å². The standard InChI is InChI=1S/C13H22N4O4/c1-9(2)17(4-3-5-18)13(21)16-11(12(19)20)6-10-7-14-8-15-10/h7-9,11,18H,3-6H2,1-2H3,(H,14,15)(H,16,21)(H,19,20). The number of aromatic amines is 1. The van der Waals surface area contributed by atoms with E-state index in [1.807, 2.05) is 13.8 Å². The number of carboxylic acids is 1. The van der Waals surface area contributed by atoms with Crippen molar-refractivity contribution in [2.45, 2.75) is 38.8 Å². The first-order valence-corrected chi connectivity index (χ1v) is 6.83. The summed E-state index contributed by atoms with van der Waals surface area (Å²) in [6.45, 7) is 4.02. The van der Waals surface area contributed by atoms with Crippen molar-refractivity contribution >= 4 is 12.0 Å². The molecule has 2 amide bonds. The number of aliphatic carboxylic acids is 1. The van der Waals surface area contributed by atoms with Crippen LogP contribution in [0.3, 0.4) is 0 Å². The number of carbonyl (C=O) groups is 2. The van der Waals surface area contributed by atoms with Gasteiger partial charge in [0.25, 0.3) is 0 Å². The first kappa shape index (κ1) is 17.0. The van der Waals surface area contributed by atoms with Crippen LogP contribution in [-0.4, -0.2) is 62.3 Å². The van der Waals surface area contributed by atoms with Gasteiger partial charge in [-0.1, -0.05) is 0 Å². The molecule has 8 nitrogen and oxygen atoms in total. The summed E-state index contributed by atoms with van der Waals surface area (Å²) in [5.41, 5.74) is 0.633. The normalized spacial score (nSPS) is 12.2. The molecule has 0 spiro atoms. The number of urea groups is 1. The molecule has 0 fully saturated rings. The van der Waals surface area contributed by atoms with Gasteiger partial charge in [-0.2, -0.15) is 0 Å². The summed E-state index contributed by atoms with van der Waals surface area (Å²) in [5.74, 6) is -1.11. The Morgan fingerprint density at radius 3 is 2.67 bits per heavy atom. The molecule has 21 heavy (non-hydrogen) atoms. The van der Waals surface area contributed by atoms with E-state index in [2.05, 4.69) is 15.3 Å². The summed E-state index contributed by atoms with van der Waals surface area (Å²) in [7, 11) is 0. The maximum atomic E-state index is 12.2. The fourth-order valence-electron chi connectivity index (χ4n) is 1.88. The number of imidazole rings is 1. The van der Waals surface area contributed by atoms with Gasteiger partial charge in [0.05, 0.1) is 6.33 Å². The predicted molar refractivity (Wildman–Crippen MR) is 75.8 cm³/mol. The second-order valence-electron chi connectivity index (χ2n) is 4.99. The molecule has 0 radical (unpaired) electrons. The van der Waals surface area contributed by atoms with Crippen LogP contribution in [0.4, 0.5) is 4.79 Å². The van der Waals surface area contributed by atoms with Crippen molar-refractivity contribution in [3.05, 3.63) is 18.2 Å². The van der Waals surface area contributed by atoms with E-state index < -0.39 is 18.0 Å². The minimum Gasteiger partial charge on any atom is -0.480 e. The minimum atomic E-state index is -1.11. The van der Waals surface area contributed by atoms with E-state index in [1.165, 1.54) is 17.4 Å². The Labute approximate surface area is 123 Å². The van der Waals surface area contributed by atoms with E-state index in [0.717, 1.165) is 0 Å². The molecule has 0 aliphatic carbocycles. The van der Waals surface area contributed by atoms with Gasteiger partial charge >= 0.3 is 12.0 Å². The van der Waals surface area contributed by atoms with Crippen LogP contribution in [0.2, 0.25) is 0 Å². The van der Waals surface area contributed by atoms with Gasteiger partial charge in [-0.25, -0.2) is 14.6 Å². The molecule has 1 atom stereocenters. The zero-order valence-electron chi connectivity index (χ0n) is 12.2. The minimum absolute atomic E-state index is 0.0208. The van der Waals surface area contributed by atoms with Crippen LogP contribution in [0.1, 0.15) is 26.0 Å². The summed E-state index contributed by atoms with van der Waals surface area (Å²) in [6.07, 6.45) is 3.56. The number of rotatable bonds is 8. The quantitative estimate of drug-likeness (QED) is 0.547. The van der Waals surface area contributed by atoms with Crippen LogP contribution in [0.15, 0.2) is 12.5 Å². The number of hydrogen-bond acceptors (Lipinski definition) is 4. The van der Waals surface area contributed by atoms with E-state index in [-0.39, 0.29) is 19.1 Å². The maximum absolute atomic E-state index is 12.2. The van der Waals surface area contributed by atoms with Crippen molar-refractivity contribution < 1.29 is 19.8 Å². The van der Waals surface area contributed by atoms with Gasteiger partial charge in [0.2, 0.25) is 0 Å². The highest BCUT2D eigenvalue weighted by molar-refractivity contribution is 5.82. The Morgan fingerprint density at radius 1 is 1.48 bits per heavy atom. The molecule has 1 aromatic rings. The summed E-state index contributed by atoms with van der Waals surface area (Å²) >= 11 is 0. The van der Waals surface area contributed by atoms with E-state index >= 15 is 0 Å². The lowest BCUT2D eigenvalue weighted by Crippen LogP contribution is -2.51. The second-order valence-corrected chi connectivity index (χ2v) is 4.99. The Kier molecular flexibility index (Phi) is 6.67. The van der Waals surface area contributed by atoms with Crippen molar-refractivity contribution in [3.63, 3.8) is 0 Å². The second kappa shape index (κ2) is 8.25. The molecule has 0 bridgehead atoms. The third-order valence-electron chi connectivity index (χ3n) is 3.02. The van der Waals surface area contributed by atoms with Gasteiger partial charge in [0, 0.05) is 37.5 Å². The average Bonchev–Trinajstić information content (AvgIpc) is 2.90. The number of H-pyrrole nitrogens is 1. The third-order valence-corrected chi connectivity index (χ3v) is 3.02. The van der Waals surface area contributed by atoms with Gasteiger partial charge in [-0.15, -0.1) is 0 Å².